The first-order chi connectivity index (χ1) is 12.0. The normalized spacial score (nSPS) is 11.4. The monoisotopic (exact) mass is 359 g/mol. The Kier molecular flexibility index (Phi) is 6.19. The first kappa shape index (κ1) is 18.1. The highest BCUT2D eigenvalue weighted by Crippen LogP contribution is 2.15. The number of anilines is 1. The van der Waals surface area contributed by atoms with Gasteiger partial charge in [-0.05, 0) is 31.2 Å². The maximum atomic E-state index is 11.9. The van der Waals surface area contributed by atoms with Crippen LogP contribution in [-0.4, -0.2) is 22.8 Å². The van der Waals surface area contributed by atoms with E-state index in [1.165, 1.54) is 30.5 Å². The van der Waals surface area contributed by atoms with E-state index in [4.69, 9.17) is 11.6 Å². The average molecular weight is 360 g/mol. The van der Waals surface area contributed by atoms with Gasteiger partial charge in [-0.3, -0.25) is 20.3 Å². The molecular weight excluding hydrogens is 346 g/mol. The molecule has 0 saturated carbocycles. The van der Waals surface area contributed by atoms with Gasteiger partial charge in [-0.1, -0.05) is 23.7 Å². The Balaban J connectivity index is 1.90. The first-order valence-electron chi connectivity index (χ1n) is 7.10. The fraction of sp³-hybridized carbons (Fsp3) is 0.0625. The number of nitrogens with one attached hydrogen (secondary N) is 2. The summed E-state index contributed by atoms with van der Waals surface area (Å²) in [6.07, 6.45) is 1.40. The molecule has 0 radical (unpaired) electrons. The molecule has 128 valence electrons. The number of nitro groups is 1. The van der Waals surface area contributed by atoms with Crippen LogP contribution in [0.3, 0.4) is 0 Å². The van der Waals surface area contributed by atoms with Gasteiger partial charge >= 0.3 is 0 Å². The van der Waals surface area contributed by atoms with E-state index in [1.807, 2.05) is 0 Å². The van der Waals surface area contributed by atoms with Crippen molar-refractivity contribution in [1.29, 1.82) is 0 Å². The zero-order valence-corrected chi connectivity index (χ0v) is 13.9. The molecule has 0 atom stereocenters. The Morgan fingerprint density at radius 2 is 1.88 bits per heavy atom. The number of hydrazone groups is 2. The molecule has 0 fully saturated rings. The zero-order chi connectivity index (χ0) is 18.2. The Bertz CT molecular complexity index is 834. The smallest absolute Gasteiger partial charge is 0.272 e. The lowest BCUT2D eigenvalue weighted by Crippen LogP contribution is -2.19. The van der Waals surface area contributed by atoms with Crippen LogP contribution in [0.15, 0.2) is 58.7 Å². The van der Waals surface area contributed by atoms with Crippen LogP contribution >= 0.6 is 11.6 Å². The molecule has 9 heteroatoms. The van der Waals surface area contributed by atoms with Crippen LogP contribution in [0.5, 0.6) is 0 Å². The summed E-state index contributed by atoms with van der Waals surface area (Å²) in [5.74, 6) is -0.429. The molecule has 8 nitrogen and oxygen atoms in total. The van der Waals surface area contributed by atoms with E-state index < -0.39 is 10.8 Å². The van der Waals surface area contributed by atoms with Crippen LogP contribution in [0.1, 0.15) is 17.3 Å². The van der Waals surface area contributed by atoms with Gasteiger partial charge in [0.05, 0.1) is 33.1 Å². The van der Waals surface area contributed by atoms with Crippen molar-refractivity contribution >= 4 is 40.8 Å². The molecule has 1 amide bonds. The number of benzene rings is 2. The highest BCUT2D eigenvalue weighted by Gasteiger charge is 2.08. The van der Waals surface area contributed by atoms with Crippen LogP contribution in [0, 0.1) is 10.1 Å². The molecule has 0 spiro atoms. The molecule has 2 aromatic rings. The van der Waals surface area contributed by atoms with Crippen molar-refractivity contribution in [1.82, 2.24) is 5.43 Å². The van der Waals surface area contributed by atoms with Crippen molar-refractivity contribution in [3.05, 3.63) is 69.2 Å². The van der Waals surface area contributed by atoms with Crippen molar-refractivity contribution in [3.8, 4) is 0 Å². The standard InChI is InChI=1S/C16H14ClN5O3/c1-11(19-21-16(23)14-4-2-3-5-15(14)17)10-18-20-12-6-8-13(9-7-12)22(24)25/h2-10,20H,1H3,(H,21,23)/b18-10+,19-11+. The maximum absolute atomic E-state index is 11.9. The van der Waals surface area contributed by atoms with Crippen molar-refractivity contribution in [2.45, 2.75) is 6.92 Å². The van der Waals surface area contributed by atoms with Gasteiger partial charge in [0.25, 0.3) is 11.6 Å². The molecule has 25 heavy (non-hydrogen) atoms. The minimum Gasteiger partial charge on any atom is -0.278 e. The molecule has 0 heterocycles. The van der Waals surface area contributed by atoms with E-state index in [0.717, 1.165) is 0 Å². The van der Waals surface area contributed by atoms with Gasteiger partial charge < -0.3 is 0 Å². The number of carbonyl (C=O) groups is 1. The summed E-state index contributed by atoms with van der Waals surface area (Å²) in [6, 6.07) is 12.4. The Labute approximate surface area is 148 Å². The largest absolute Gasteiger partial charge is 0.278 e. The molecule has 2 aromatic carbocycles. The zero-order valence-electron chi connectivity index (χ0n) is 13.1. The highest BCUT2D eigenvalue weighted by atomic mass is 35.5. The summed E-state index contributed by atoms with van der Waals surface area (Å²) >= 11 is 5.93. The van der Waals surface area contributed by atoms with Gasteiger partial charge in [0.15, 0.2) is 0 Å². The number of rotatable bonds is 6. The quantitative estimate of drug-likeness (QED) is 0.467. The van der Waals surface area contributed by atoms with E-state index >= 15 is 0 Å². The third-order valence-corrected chi connectivity index (χ3v) is 3.31. The number of nitrogens with zero attached hydrogens (tertiary/aromatic N) is 3. The maximum Gasteiger partial charge on any atom is 0.272 e. The molecule has 0 aliphatic carbocycles. The minimum atomic E-state index is -0.481. The lowest BCUT2D eigenvalue weighted by atomic mass is 10.2. The van der Waals surface area contributed by atoms with Crippen molar-refractivity contribution in [2.24, 2.45) is 10.2 Å². The van der Waals surface area contributed by atoms with Crippen LogP contribution in [0.2, 0.25) is 5.02 Å². The number of halogens is 1. The van der Waals surface area contributed by atoms with Gasteiger partial charge in [-0.2, -0.15) is 10.2 Å². The van der Waals surface area contributed by atoms with Crippen molar-refractivity contribution < 1.29 is 9.72 Å². The van der Waals surface area contributed by atoms with E-state index in [9.17, 15) is 14.9 Å². The fourth-order valence-electron chi connectivity index (χ4n) is 1.73. The number of nitro benzene ring substituents is 1. The van der Waals surface area contributed by atoms with Crippen molar-refractivity contribution in [3.63, 3.8) is 0 Å². The number of hydrogen-bond donors (Lipinski definition) is 2. The van der Waals surface area contributed by atoms with E-state index in [2.05, 4.69) is 21.1 Å². The Morgan fingerprint density at radius 3 is 2.52 bits per heavy atom. The second-order valence-corrected chi connectivity index (χ2v) is 5.26. The van der Waals surface area contributed by atoms with Gasteiger partial charge in [0, 0.05) is 12.1 Å². The third-order valence-electron chi connectivity index (χ3n) is 2.98. The van der Waals surface area contributed by atoms with E-state index in [1.54, 1.807) is 31.2 Å². The van der Waals surface area contributed by atoms with Gasteiger partial charge in [-0.25, -0.2) is 5.43 Å². The SMILES string of the molecule is CC(/C=N/Nc1ccc([N+](=O)[O-])cc1)=N\NC(=O)c1ccccc1Cl. The molecule has 0 aliphatic rings. The minimum absolute atomic E-state index is 0.00504. The number of amides is 1. The summed E-state index contributed by atoms with van der Waals surface area (Å²) in [5, 5.41) is 18.7. The van der Waals surface area contributed by atoms with E-state index in [0.29, 0.717) is 22.0 Å². The lowest BCUT2D eigenvalue weighted by Gasteiger charge is -2.02. The Morgan fingerprint density at radius 1 is 1.20 bits per heavy atom. The predicted octanol–water partition coefficient (Wildman–Crippen LogP) is 3.45. The van der Waals surface area contributed by atoms with Gasteiger partial charge in [-0.15, -0.1) is 0 Å². The van der Waals surface area contributed by atoms with Gasteiger partial charge in [0.1, 0.15) is 0 Å². The fourth-order valence-corrected chi connectivity index (χ4v) is 1.95. The summed E-state index contributed by atoms with van der Waals surface area (Å²) in [5.41, 5.74) is 6.42. The second-order valence-electron chi connectivity index (χ2n) is 4.85. The summed E-state index contributed by atoms with van der Waals surface area (Å²) in [6.45, 7) is 1.65. The Hall–Kier alpha value is -3.26. The lowest BCUT2D eigenvalue weighted by molar-refractivity contribution is -0.384. The predicted molar refractivity (Wildman–Crippen MR) is 97.2 cm³/mol. The third kappa shape index (κ3) is 5.40. The molecule has 0 aromatic heterocycles. The molecule has 0 aliphatic heterocycles. The molecule has 0 unspecified atom stereocenters. The summed E-state index contributed by atoms with van der Waals surface area (Å²) in [7, 11) is 0. The van der Waals surface area contributed by atoms with Crippen LogP contribution in [0.4, 0.5) is 11.4 Å². The molecule has 2 N–H and O–H groups in total. The summed E-state index contributed by atoms with van der Waals surface area (Å²) < 4.78 is 0. The molecule has 0 saturated heterocycles. The number of non-ortho nitro benzene ring substituents is 1. The number of hydrogen-bond acceptors (Lipinski definition) is 6. The average Bonchev–Trinajstić information content (AvgIpc) is 2.60. The second kappa shape index (κ2) is 8.55. The highest BCUT2D eigenvalue weighted by molar-refractivity contribution is 6.34. The van der Waals surface area contributed by atoms with Crippen LogP contribution < -0.4 is 10.9 Å². The summed E-state index contributed by atoms with van der Waals surface area (Å²) in [4.78, 5) is 22.0. The molecular formula is C16H14ClN5O3. The molecule has 2 rings (SSSR count). The van der Waals surface area contributed by atoms with Crippen LogP contribution in [0.25, 0.3) is 0 Å². The number of carbonyl (C=O) groups excluding carboxylic acids is 1. The van der Waals surface area contributed by atoms with Crippen molar-refractivity contribution in [2.75, 3.05) is 5.43 Å². The van der Waals surface area contributed by atoms with Gasteiger partial charge in [0.2, 0.25) is 0 Å². The molecule has 0 bridgehead atoms. The van der Waals surface area contributed by atoms with E-state index in [-0.39, 0.29) is 5.69 Å². The topological polar surface area (TPSA) is 109 Å². The van der Waals surface area contributed by atoms with Crippen LogP contribution in [-0.2, 0) is 0 Å². The first-order valence-corrected chi connectivity index (χ1v) is 7.48.